The van der Waals surface area contributed by atoms with Gasteiger partial charge in [-0.2, -0.15) is 0 Å². The van der Waals surface area contributed by atoms with Crippen molar-refractivity contribution in [1.29, 1.82) is 0 Å². The molecule has 0 rings (SSSR count). The molecule has 0 saturated heterocycles. The molecule has 0 aliphatic rings. The molecule has 0 aliphatic carbocycles. The number of hydrogen-bond acceptors (Lipinski definition) is 3. The Labute approximate surface area is 137 Å². The van der Waals surface area contributed by atoms with Gasteiger partial charge in [0, 0.05) is 19.1 Å². The molecule has 22 heavy (non-hydrogen) atoms. The third-order valence-corrected chi connectivity index (χ3v) is 3.43. The van der Waals surface area contributed by atoms with Crippen LogP contribution in [0.1, 0.15) is 61.8 Å². The molecule has 4 nitrogen and oxygen atoms in total. The smallest absolute Gasteiger partial charge is 0.227 e. The van der Waals surface area contributed by atoms with Crippen molar-refractivity contribution >= 4 is 5.91 Å². The molecular formula is C18H38N2O2. The highest BCUT2D eigenvalue weighted by molar-refractivity contribution is 5.79. The predicted octanol–water partition coefficient (Wildman–Crippen LogP) is 3.11. The summed E-state index contributed by atoms with van der Waals surface area (Å²) in [7, 11) is 0. The molecule has 0 aliphatic heterocycles. The first-order valence-electron chi connectivity index (χ1n) is 8.77. The number of hydrogen-bond donors (Lipinski definition) is 2. The van der Waals surface area contributed by atoms with Gasteiger partial charge < -0.3 is 10.4 Å². The maximum absolute atomic E-state index is 12.5. The van der Waals surface area contributed by atoms with Crippen molar-refractivity contribution in [2.75, 3.05) is 13.1 Å². The van der Waals surface area contributed by atoms with Crippen LogP contribution in [0.5, 0.6) is 0 Å². The molecule has 0 saturated carbocycles. The van der Waals surface area contributed by atoms with E-state index in [1.165, 1.54) is 0 Å². The second-order valence-corrected chi connectivity index (χ2v) is 8.05. The van der Waals surface area contributed by atoms with Gasteiger partial charge in [-0.05, 0) is 38.0 Å². The monoisotopic (exact) mass is 314 g/mol. The van der Waals surface area contributed by atoms with Gasteiger partial charge in [-0.25, -0.2) is 0 Å². The van der Waals surface area contributed by atoms with E-state index in [0.717, 1.165) is 13.1 Å². The topological polar surface area (TPSA) is 52.6 Å². The zero-order valence-electron chi connectivity index (χ0n) is 15.9. The second kappa shape index (κ2) is 10.2. The predicted molar refractivity (Wildman–Crippen MR) is 93.5 cm³/mol. The number of amides is 1. The quantitative estimate of drug-likeness (QED) is 0.609. The van der Waals surface area contributed by atoms with E-state index in [2.05, 4.69) is 51.8 Å². The van der Waals surface area contributed by atoms with Crippen LogP contribution in [-0.2, 0) is 4.79 Å². The summed E-state index contributed by atoms with van der Waals surface area (Å²) in [6.45, 7) is 18.3. The lowest BCUT2D eigenvalue weighted by atomic mass is 9.93. The highest BCUT2D eigenvalue weighted by Crippen LogP contribution is 2.21. The number of carbonyl (C=O) groups is 1. The number of nitrogens with one attached hydrogen (secondary N) is 1. The maximum Gasteiger partial charge on any atom is 0.227 e. The van der Waals surface area contributed by atoms with Crippen molar-refractivity contribution in [2.24, 2.45) is 23.7 Å². The van der Waals surface area contributed by atoms with Crippen LogP contribution in [0, 0.1) is 23.7 Å². The molecule has 0 fully saturated rings. The van der Waals surface area contributed by atoms with Crippen molar-refractivity contribution in [3.05, 3.63) is 0 Å². The van der Waals surface area contributed by atoms with Gasteiger partial charge in [0.15, 0.2) is 0 Å². The Kier molecular flexibility index (Phi) is 9.94. The molecule has 0 aromatic heterocycles. The van der Waals surface area contributed by atoms with E-state index in [9.17, 15) is 9.90 Å². The summed E-state index contributed by atoms with van der Waals surface area (Å²) in [5, 5.41) is 13.8. The Balaban J connectivity index is 5.15. The van der Waals surface area contributed by atoms with Crippen LogP contribution in [-0.4, -0.2) is 41.3 Å². The van der Waals surface area contributed by atoms with E-state index in [0.29, 0.717) is 24.2 Å². The summed E-state index contributed by atoms with van der Waals surface area (Å²) in [6.07, 6.45) is -0.0159. The summed E-state index contributed by atoms with van der Waals surface area (Å²) in [4.78, 5) is 14.6. The number of aliphatic hydroxyl groups excluding tert-OH is 1. The Bertz CT molecular complexity index is 304. The summed E-state index contributed by atoms with van der Waals surface area (Å²) < 4.78 is 0. The molecule has 0 radical (unpaired) electrons. The highest BCUT2D eigenvalue weighted by Gasteiger charge is 2.32. The lowest BCUT2D eigenvalue weighted by Crippen LogP contribution is -2.50. The summed E-state index contributed by atoms with van der Waals surface area (Å²) in [5.41, 5.74) is 0. The molecule has 0 aromatic rings. The van der Waals surface area contributed by atoms with E-state index in [4.69, 9.17) is 0 Å². The molecular weight excluding hydrogens is 276 g/mol. The molecule has 0 bridgehead atoms. The van der Waals surface area contributed by atoms with E-state index >= 15 is 0 Å². The molecule has 0 heterocycles. The number of aliphatic hydroxyl groups is 1. The van der Waals surface area contributed by atoms with E-state index in [-0.39, 0.29) is 17.9 Å². The normalized spacial score (nSPS) is 15.2. The van der Waals surface area contributed by atoms with Crippen molar-refractivity contribution in [3.8, 4) is 0 Å². The van der Waals surface area contributed by atoms with Gasteiger partial charge in [-0.15, -0.1) is 0 Å². The highest BCUT2D eigenvalue weighted by atomic mass is 16.3. The van der Waals surface area contributed by atoms with Gasteiger partial charge in [-0.1, -0.05) is 41.5 Å². The Hall–Kier alpha value is -0.610. The average molecular weight is 315 g/mol. The van der Waals surface area contributed by atoms with Gasteiger partial charge in [0.05, 0.1) is 5.92 Å². The summed E-state index contributed by atoms with van der Waals surface area (Å²) in [5.74, 6) is 0.883. The summed E-state index contributed by atoms with van der Waals surface area (Å²) in [6, 6.07) is 0.0954. The lowest BCUT2D eigenvalue weighted by Gasteiger charge is -2.36. The molecule has 2 unspecified atom stereocenters. The first-order valence-corrected chi connectivity index (χ1v) is 8.77. The minimum Gasteiger partial charge on any atom is -0.378 e. The number of carbonyl (C=O) groups excluding carboxylic acids is 1. The van der Waals surface area contributed by atoms with Gasteiger partial charge in [0.25, 0.3) is 0 Å². The van der Waals surface area contributed by atoms with E-state index in [1.54, 1.807) is 0 Å². The minimum absolute atomic E-state index is 0.0336. The van der Waals surface area contributed by atoms with E-state index < -0.39 is 6.23 Å². The van der Waals surface area contributed by atoms with Crippen LogP contribution < -0.4 is 5.32 Å². The van der Waals surface area contributed by atoms with Gasteiger partial charge in [0.2, 0.25) is 5.91 Å². The number of rotatable bonds is 10. The van der Waals surface area contributed by atoms with Crippen molar-refractivity contribution in [3.63, 3.8) is 0 Å². The van der Waals surface area contributed by atoms with Crippen LogP contribution >= 0.6 is 0 Å². The molecule has 132 valence electrons. The van der Waals surface area contributed by atoms with Crippen LogP contribution in [0.15, 0.2) is 0 Å². The number of nitrogens with zero attached hydrogens (tertiary/aromatic N) is 1. The van der Waals surface area contributed by atoms with Crippen molar-refractivity contribution in [1.82, 2.24) is 10.2 Å². The van der Waals surface area contributed by atoms with Crippen molar-refractivity contribution < 1.29 is 9.90 Å². The zero-order valence-corrected chi connectivity index (χ0v) is 15.9. The largest absolute Gasteiger partial charge is 0.378 e. The van der Waals surface area contributed by atoms with Gasteiger partial charge in [-0.3, -0.25) is 9.69 Å². The molecule has 1 amide bonds. The molecule has 2 atom stereocenters. The molecule has 0 aromatic carbocycles. The fourth-order valence-electron chi connectivity index (χ4n) is 2.75. The fourth-order valence-corrected chi connectivity index (χ4v) is 2.75. The average Bonchev–Trinajstić information content (AvgIpc) is 2.31. The Morgan fingerprint density at radius 2 is 1.36 bits per heavy atom. The summed E-state index contributed by atoms with van der Waals surface area (Å²) >= 11 is 0. The molecule has 0 spiro atoms. The fraction of sp³-hybridized carbons (Fsp3) is 0.944. The second-order valence-electron chi connectivity index (χ2n) is 8.05. The zero-order chi connectivity index (χ0) is 17.4. The lowest BCUT2D eigenvalue weighted by molar-refractivity contribution is -0.137. The standard InChI is InChI=1S/C18H38N2O2/c1-12(2)9-16(17(21)19-15(7)8)18(22)20(10-13(3)4)11-14(5)6/h12-16,18,22H,9-11H2,1-8H3,(H,19,21). The van der Waals surface area contributed by atoms with Gasteiger partial charge >= 0.3 is 0 Å². The minimum atomic E-state index is -0.717. The maximum atomic E-state index is 12.5. The molecule has 2 N–H and O–H groups in total. The third kappa shape index (κ3) is 8.74. The SMILES string of the molecule is CC(C)CC(C(=O)NC(C)C)C(O)N(CC(C)C)CC(C)C. The van der Waals surface area contributed by atoms with Crippen LogP contribution in [0.3, 0.4) is 0 Å². The van der Waals surface area contributed by atoms with Crippen LogP contribution in [0.4, 0.5) is 0 Å². The van der Waals surface area contributed by atoms with Crippen molar-refractivity contribution in [2.45, 2.75) is 74.1 Å². The Morgan fingerprint density at radius 3 is 1.68 bits per heavy atom. The first kappa shape index (κ1) is 21.4. The van der Waals surface area contributed by atoms with Gasteiger partial charge in [0.1, 0.15) is 6.23 Å². The first-order chi connectivity index (χ1) is 10.0. The van der Waals surface area contributed by atoms with Crippen LogP contribution in [0.25, 0.3) is 0 Å². The van der Waals surface area contributed by atoms with E-state index in [1.807, 2.05) is 13.8 Å². The Morgan fingerprint density at radius 1 is 0.909 bits per heavy atom. The van der Waals surface area contributed by atoms with Crippen LogP contribution in [0.2, 0.25) is 0 Å². The third-order valence-electron chi connectivity index (χ3n) is 3.43. The molecule has 4 heteroatoms.